The quantitative estimate of drug-likeness (QED) is 0.557. The smallest absolute Gasteiger partial charge is 0.277 e. The van der Waals surface area contributed by atoms with Gasteiger partial charge < -0.3 is 4.74 Å². The molecule has 0 radical (unpaired) electrons. The molecule has 2 rings (SSSR count). The monoisotopic (exact) mass is 402 g/mol. The molecule has 0 fully saturated rings. The average molecular weight is 403 g/mol. The van der Waals surface area contributed by atoms with E-state index in [4.69, 9.17) is 4.74 Å². The van der Waals surface area contributed by atoms with Crippen molar-refractivity contribution in [2.24, 2.45) is 5.10 Å². The van der Waals surface area contributed by atoms with Crippen LogP contribution in [-0.2, 0) is 4.79 Å². The van der Waals surface area contributed by atoms with E-state index in [-0.39, 0.29) is 12.5 Å². The molecule has 5 heteroatoms. The zero-order valence-electron chi connectivity index (χ0n) is 15.0. The molecule has 0 aliphatic heterocycles. The van der Waals surface area contributed by atoms with Gasteiger partial charge in [-0.15, -0.1) is 0 Å². The molecule has 1 N–H and O–H groups in total. The molecule has 2 aromatic carbocycles. The van der Waals surface area contributed by atoms with Crippen molar-refractivity contribution in [2.75, 3.05) is 6.61 Å². The number of ether oxygens (including phenoxy) is 1. The van der Waals surface area contributed by atoms with E-state index in [1.807, 2.05) is 56.3 Å². The number of halogens is 1. The normalized spacial score (nSPS) is 11.5. The number of rotatable bonds is 6. The van der Waals surface area contributed by atoms with E-state index in [2.05, 4.69) is 40.3 Å². The number of carbonyl (C=O) groups is 1. The van der Waals surface area contributed by atoms with E-state index in [0.29, 0.717) is 5.92 Å². The van der Waals surface area contributed by atoms with Crippen molar-refractivity contribution in [1.82, 2.24) is 5.43 Å². The molecule has 0 atom stereocenters. The Kier molecular flexibility index (Phi) is 6.76. The molecule has 0 saturated carbocycles. The molecule has 0 bridgehead atoms. The van der Waals surface area contributed by atoms with Gasteiger partial charge in [-0.2, -0.15) is 5.10 Å². The van der Waals surface area contributed by atoms with Crippen LogP contribution in [0.1, 0.15) is 43.4 Å². The molecule has 1 amide bonds. The van der Waals surface area contributed by atoms with Crippen LogP contribution in [-0.4, -0.2) is 18.2 Å². The van der Waals surface area contributed by atoms with Crippen molar-refractivity contribution in [1.29, 1.82) is 0 Å². The Balaban J connectivity index is 2.00. The predicted molar refractivity (Wildman–Crippen MR) is 105 cm³/mol. The number of aryl methyl sites for hydroxylation is 1. The van der Waals surface area contributed by atoms with Crippen LogP contribution in [0, 0.1) is 6.92 Å². The summed E-state index contributed by atoms with van der Waals surface area (Å²) in [5.41, 5.74) is 6.39. The first-order valence-corrected chi connectivity index (χ1v) is 8.99. The SMILES string of the molecule is CC(=NNC(=O)COc1cc(C)c(Br)cc1C(C)C)c1ccccc1. The zero-order chi connectivity index (χ0) is 18.4. The molecule has 0 aliphatic rings. The van der Waals surface area contributed by atoms with Crippen LogP contribution in [0.3, 0.4) is 0 Å². The Bertz CT molecular complexity index is 771. The van der Waals surface area contributed by atoms with E-state index in [1.165, 1.54) is 0 Å². The van der Waals surface area contributed by atoms with Gasteiger partial charge in [-0.3, -0.25) is 4.79 Å². The third-order valence-electron chi connectivity index (χ3n) is 3.81. The highest BCUT2D eigenvalue weighted by molar-refractivity contribution is 9.10. The van der Waals surface area contributed by atoms with Crippen LogP contribution in [0.15, 0.2) is 52.0 Å². The molecule has 4 nitrogen and oxygen atoms in total. The maximum atomic E-state index is 12.0. The molecule has 0 unspecified atom stereocenters. The minimum atomic E-state index is -0.287. The third kappa shape index (κ3) is 5.43. The number of nitrogens with zero attached hydrogens (tertiary/aromatic N) is 1. The number of amides is 1. The molecule has 0 aromatic heterocycles. The van der Waals surface area contributed by atoms with Gasteiger partial charge >= 0.3 is 0 Å². The van der Waals surface area contributed by atoms with Crippen LogP contribution in [0.5, 0.6) is 5.75 Å². The number of hydrogen-bond donors (Lipinski definition) is 1. The van der Waals surface area contributed by atoms with E-state index in [9.17, 15) is 4.79 Å². The van der Waals surface area contributed by atoms with Gasteiger partial charge in [0.15, 0.2) is 6.61 Å². The number of hydrogen-bond acceptors (Lipinski definition) is 3. The van der Waals surface area contributed by atoms with Crippen molar-refractivity contribution in [3.63, 3.8) is 0 Å². The van der Waals surface area contributed by atoms with Gasteiger partial charge in [0.25, 0.3) is 5.91 Å². The second kappa shape index (κ2) is 8.81. The van der Waals surface area contributed by atoms with Gasteiger partial charge in [0, 0.05) is 4.47 Å². The Morgan fingerprint density at radius 3 is 2.56 bits per heavy atom. The number of benzene rings is 2. The summed E-state index contributed by atoms with van der Waals surface area (Å²) >= 11 is 3.54. The molecule has 2 aromatic rings. The van der Waals surface area contributed by atoms with E-state index in [1.54, 1.807) is 0 Å². The maximum Gasteiger partial charge on any atom is 0.277 e. The predicted octanol–water partition coefficient (Wildman–Crippen LogP) is 4.80. The summed E-state index contributed by atoms with van der Waals surface area (Å²) in [6, 6.07) is 13.7. The maximum absolute atomic E-state index is 12.0. The molecule has 0 aliphatic carbocycles. The van der Waals surface area contributed by atoms with Gasteiger partial charge in [-0.05, 0) is 48.6 Å². The van der Waals surface area contributed by atoms with Crippen molar-refractivity contribution in [3.8, 4) is 5.75 Å². The Hall–Kier alpha value is -2.14. The molecule has 0 spiro atoms. The minimum Gasteiger partial charge on any atom is -0.483 e. The number of hydrazone groups is 1. The molecule has 0 heterocycles. The highest BCUT2D eigenvalue weighted by Gasteiger charge is 2.12. The molecule has 25 heavy (non-hydrogen) atoms. The van der Waals surface area contributed by atoms with E-state index < -0.39 is 0 Å². The highest BCUT2D eigenvalue weighted by atomic mass is 79.9. The van der Waals surface area contributed by atoms with Crippen LogP contribution < -0.4 is 10.2 Å². The fourth-order valence-corrected chi connectivity index (χ4v) is 2.67. The van der Waals surface area contributed by atoms with Gasteiger partial charge in [-0.25, -0.2) is 5.43 Å². The number of nitrogens with one attached hydrogen (secondary N) is 1. The van der Waals surface area contributed by atoms with Crippen LogP contribution in [0.2, 0.25) is 0 Å². The second-order valence-electron chi connectivity index (χ2n) is 6.18. The molecule has 0 saturated heterocycles. The van der Waals surface area contributed by atoms with Gasteiger partial charge in [-0.1, -0.05) is 60.1 Å². The fourth-order valence-electron chi connectivity index (χ4n) is 2.31. The van der Waals surface area contributed by atoms with Crippen LogP contribution in [0.4, 0.5) is 0 Å². The summed E-state index contributed by atoms with van der Waals surface area (Å²) in [6.07, 6.45) is 0. The summed E-state index contributed by atoms with van der Waals surface area (Å²) in [5, 5.41) is 4.13. The molecule has 132 valence electrons. The van der Waals surface area contributed by atoms with Gasteiger partial charge in [0.2, 0.25) is 0 Å². The lowest BCUT2D eigenvalue weighted by atomic mass is 10.0. The van der Waals surface area contributed by atoms with Crippen molar-refractivity contribution >= 4 is 27.5 Å². The lowest BCUT2D eigenvalue weighted by molar-refractivity contribution is -0.123. The van der Waals surface area contributed by atoms with Gasteiger partial charge in [0.1, 0.15) is 5.75 Å². The Morgan fingerprint density at radius 2 is 1.92 bits per heavy atom. The lowest BCUT2D eigenvalue weighted by Crippen LogP contribution is -2.26. The first kappa shape index (κ1) is 19.2. The highest BCUT2D eigenvalue weighted by Crippen LogP contribution is 2.32. The Labute approximate surface area is 157 Å². The Morgan fingerprint density at radius 1 is 1.24 bits per heavy atom. The van der Waals surface area contributed by atoms with Crippen molar-refractivity contribution < 1.29 is 9.53 Å². The minimum absolute atomic E-state index is 0.0770. The van der Waals surface area contributed by atoms with Crippen molar-refractivity contribution in [2.45, 2.75) is 33.6 Å². The second-order valence-corrected chi connectivity index (χ2v) is 7.04. The largest absolute Gasteiger partial charge is 0.483 e. The van der Waals surface area contributed by atoms with Crippen LogP contribution >= 0.6 is 15.9 Å². The summed E-state index contributed by atoms with van der Waals surface area (Å²) in [7, 11) is 0. The summed E-state index contributed by atoms with van der Waals surface area (Å²) in [6.45, 7) is 7.96. The third-order valence-corrected chi connectivity index (χ3v) is 4.67. The average Bonchev–Trinajstić information content (AvgIpc) is 2.60. The zero-order valence-corrected chi connectivity index (χ0v) is 16.6. The topological polar surface area (TPSA) is 50.7 Å². The summed E-state index contributed by atoms with van der Waals surface area (Å²) < 4.78 is 6.77. The lowest BCUT2D eigenvalue weighted by Gasteiger charge is -2.15. The van der Waals surface area contributed by atoms with Crippen LogP contribution in [0.25, 0.3) is 0 Å². The summed E-state index contributed by atoms with van der Waals surface area (Å²) in [5.74, 6) is 0.744. The van der Waals surface area contributed by atoms with Gasteiger partial charge in [0.05, 0.1) is 5.71 Å². The molecular weight excluding hydrogens is 380 g/mol. The summed E-state index contributed by atoms with van der Waals surface area (Å²) in [4.78, 5) is 12.0. The first-order chi connectivity index (χ1) is 11.9. The molecular formula is C20H23BrN2O2. The first-order valence-electron chi connectivity index (χ1n) is 8.20. The number of carbonyl (C=O) groups excluding carboxylic acids is 1. The fraction of sp³-hybridized carbons (Fsp3) is 0.300. The standard InChI is InChI=1S/C20H23BrN2O2/c1-13(2)17-11-18(21)14(3)10-19(17)25-12-20(24)23-22-15(4)16-8-6-5-7-9-16/h5-11,13H,12H2,1-4H3,(H,23,24). The van der Waals surface area contributed by atoms with Crippen molar-refractivity contribution in [3.05, 3.63) is 63.6 Å². The van der Waals surface area contributed by atoms with E-state index >= 15 is 0 Å². The van der Waals surface area contributed by atoms with E-state index in [0.717, 1.165) is 32.6 Å².